The summed E-state index contributed by atoms with van der Waals surface area (Å²) in [5.74, 6) is 0.418. The van der Waals surface area contributed by atoms with Crippen LogP contribution >= 0.6 is 0 Å². The Hall–Kier alpha value is -2.05. The predicted octanol–water partition coefficient (Wildman–Crippen LogP) is 1.67. The standard InChI is InChI=1S/C15H25N5O2/c1-4-5-13-14(21)16-6-7-20(13)15(22)18-12-8-17-19(10-12)9-11(2)3/h8,10-11,13H,4-7,9H2,1-3H3,(H,16,21)(H,18,22)/t13-/m1/s1. The average molecular weight is 307 g/mol. The maximum atomic E-state index is 12.4. The van der Waals surface area contributed by atoms with E-state index in [1.165, 1.54) is 0 Å². The van der Waals surface area contributed by atoms with E-state index in [1.54, 1.807) is 11.1 Å². The van der Waals surface area contributed by atoms with Crippen molar-refractivity contribution in [1.82, 2.24) is 20.0 Å². The predicted molar refractivity (Wildman–Crippen MR) is 84.5 cm³/mol. The number of rotatable bonds is 5. The van der Waals surface area contributed by atoms with Crippen molar-refractivity contribution < 1.29 is 9.59 Å². The van der Waals surface area contributed by atoms with Crippen LogP contribution in [-0.2, 0) is 11.3 Å². The molecule has 1 aromatic heterocycles. The lowest BCUT2D eigenvalue weighted by molar-refractivity contribution is -0.127. The topological polar surface area (TPSA) is 79.3 Å². The molecule has 0 unspecified atom stereocenters. The Labute approximate surface area is 131 Å². The number of hydrogen-bond donors (Lipinski definition) is 2. The van der Waals surface area contributed by atoms with Crippen LogP contribution in [0.4, 0.5) is 10.5 Å². The van der Waals surface area contributed by atoms with E-state index in [0.717, 1.165) is 13.0 Å². The van der Waals surface area contributed by atoms with Crippen LogP contribution in [0.1, 0.15) is 33.6 Å². The first kappa shape index (κ1) is 16.3. The minimum absolute atomic E-state index is 0.0706. The molecule has 1 aliphatic rings. The molecule has 0 bridgehead atoms. The van der Waals surface area contributed by atoms with Crippen molar-refractivity contribution in [3.8, 4) is 0 Å². The molecule has 0 aromatic carbocycles. The molecule has 22 heavy (non-hydrogen) atoms. The van der Waals surface area contributed by atoms with Crippen molar-refractivity contribution >= 4 is 17.6 Å². The Morgan fingerprint density at radius 3 is 3.00 bits per heavy atom. The monoisotopic (exact) mass is 307 g/mol. The highest BCUT2D eigenvalue weighted by atomic mass is 16.2. The number of nitrogens with zero attached hydrogens (tertiary/aromatic N) is 3. The molecule has 3 amide bonds. The summed E-state index contributed by atoms with van der Waals surface area (Å²) in [5.41, 5.74) is 0.659. The summed E-state index contributed by atoms with van der Waals surface area (Å²) in [5, 5.41) is 9.88. The SMILES string of the molecule is CCC[C@@H]1C(=O)NCCN1C(=O)Nc1cnn(CC(C)C)c1. The van der Waals surface area contributed by atoms with Gasteiger partial charge < -0.3 is 15.5 Å². The van der Waals surface area contributed by atoms with E-state index in [-0.39, 0.29) is 18.0 Å². The molecule has 7 nitrogen and oxygen atoms in total. The highest BCUT2D eigenvalue weighted by Gasteiger charge is 2.32. The van der Waals surface area contributed by atoms with Crippen molar-refractivity contribution in [2.45, 2.75) is 46.2 Å². The fraction of sp³-hybridized carbons (Fsp3) is 0.667. The molecule has 2 N–H and O–H groups in total. The van der Waals surface area contributed by atoms with Crippen molar-refractivity contribution in [3.63, 3.8) is 0 Å². The average Bonchev–Trinajstić information content (AvgIpc) is 2.87. The van der Waals surface area contributed by atoms with E-state index in [4.69, 9.17) is 0 Å². The molecule has 2 heterocycles. The lowest BCUT2D eigenvalue weighted by atomic mass is 10.1. The fourth-order valence-corrected chi connectivity index (χ4v) is 2.62. The molecule has 1 saturated heterocycles. The van der Waals surface area contributed by atoms with Crippen LogP contribution in [0.3, 0.4) is 0 Å². The maximum Gasteiger partial charge on any atom is 0.322 e. The molecule has 0 aliphatic carbocycles. The molecule has 0 spiro atoms. The molecular weight excluding hydrogens is 282 g/mol. The van der Waals surface area contributed by atoms with Gasteiger partial charge >= 0.3 is 6.03 Å². The van der Waals surface area contributed by atoms with E-state index < -0.39 is 0 Å². The second kappa shape index (κ2) is 7.29. The molecule has 2 rings (SSSR count). The number of nitrogens with one attached hydrogen (secondary N) is 2. The summed E-state index contributed by atoms with van der Waals surface area (Å²) >= 11 is 0. The lowest BCUT2D eigenvalue weighted by Crippen LogP contribution is -2.58. The quantitative estimate of drug-likeness (QED) is 0.868. The van der Waals surface area contributed by atoms with Gasteiger partial charge in [0.1, 0.15) is 6.04 Å². The Kier molecular flexibility index (Phi) is 5.41. The second-order valence-electron chi connectivity index (χ2n) is 6.06. The first-order valence-electron chi connectivity index (χ1n) is 7.89. The molecule has 1 aromatic rings. The summed E-state index contributed by atoms with van der Waals surface area (Å²) in [6, 6.07) is -0.623. The van der Waals surface area contributed by atoms with Crippen molar-refractivity contribution in [3.05, 3.63) is 12.4 Å². The van der Waals surface area contributed by atoms with Crippen LogP contribution in [0.25, 0.3) is 0 Å². The zero-order chi connectivity index (χ0) is 16.1. The molecular formula is C15H25N5O2. The Morgan fingerprint density at radius 1 is 1.55 bits per heavy atom. The van der Waals surface area contributed by atoms with Gasteiger partial charge in [-0.1, -0.05) is 27.2 Å². The number of anilines is 1. The molecule has 0 saturated carbocycles. The van der Waals surface area contributed by atoms with E-state index in [9.17, 15) is 9.59 Å². The highest BCUT2D eigenvalue weighted by molar-refractivity contribution is 5.94. The number of piperazine rings is 1. The number of carbonyl (C=O) groups excluding carboxylic acids is 2. The van der Waals surface area contributed by atoms with Crippen LogP contribution in [0.15, 0.2) is 12.4 Å². The molecule has 1 atom stereocenters. The smallest absolute Gasteiger partial charge is 0.322 e. The summed E-state index contributed by atoms with van der Waals surface area (Å²) in [6.45, 7) is 8.07. The first-order chi connectivity index (χ1) is 10.5. The summed E-state index contributed by atoms with van der Waals surface area (Å²) in [4.78, 5) is 26.0. The van der Waals surface area contributed by atoms with E-state index in [2.05, 4.69) is 29.6 Å². The van der Waals surface area contributed by atoms with Gasteiger partial charge in [0.15, 0.2) is 0 Å². The van der Waals surface area contributed by atoms with Crippen LogP contribution in [0.5, 0.6) is 0 Å². The first-order valence-corrected chi connectivity index (χ1v) is 7.89. The number of aromatic nitrogens is 2. The normalized spacial score (nSPS) is 18.5. The minimum Gasteiger partial charge on any atom is -0.353 e. The summed E-state index contributed by atoms with van der Waals surface area (Å²) in [6.07, 6.45) is 4.98. The largest absolute Gasteiger partial charge is 0.353 e. The number of urea groups is 1. The van der Waals surface area contributed by atoms with Gasteiger partial charge in [0.2, 0.25) is 5.91 Å². The molecule has 7 heteroatoms. The number of hydrogen-bond acceptors (Lipinski definition) is 3. The Bertz CT molecular complexity index is 526. The van der Waals surface area contributed by atoms with Gasteiger partial charge in [-0.15, -0.1) is 0 Å². The second-order valence-corrected chi connectivity index (χ2v) is 6.06. The van der Waals surface area contributed by atoms with Crippen LogP contribution in [0.2, 0.25) is 0 Å². The maximum absolute atomic E-state index is 12.4. The van der Waals surface area contributed by atoms with Gasteiger partial charge in [0.05, 0.1) is 11.9 Å². The number of carbonyl (C=O) groups is 2. The minimum atomic E-state index is -0.385. The van der Waals surface area contributed by atoms with Gasteiger partial charge in [-0.2, -0.15) is 5.10 Å². The molecule has 0 radical (unpaired) electrons. The van der Waals surface area contributed by atoms with Gasteiger partial charge in [0, 0.05) is 25.8 Å². The van der Waals surface area contributed by atoms with Crippen LogP contribution in [0, 0.1) is 5.92 Å². The molecule has 1 fully saturated rings. The van der Waals surface area contributed by atoms with Crippen LogP contribution in [-0.4, -0.2) is 45.8 Å². The van der Waals surface area contributed by atoms with Gasteiger partial charge in [-0.25, -0.2) is 4.79 Å². The number of amides is 3. The van der Waals surface area contributed by atoms with Crippen molar-refractivity contribution in [1.29, 1.82) is 0 Å². The lowest BCUT2D eigenvalue weighted by Gasteiger charge is -2.34. The van der Waals surface area contributed by atoms with Crippen molar-refractivity contribution in [2.75, 3.05) is 18.4 Å². The Morgan fingerprint density at radius 2 is 2.32 bits per heavy atom. The van der Waals surface area contributed by atoms with Gasteiger partial charge in [-0.05, 0) is 12.3 Å². The third-order valence-electron chi connectivity index (χ3n) is 3.59. The highest BCUT2D eigenvalue weighted by Crippen LogP contribution is 2.14. The van der Waals surface area contributed by atoms with Gasteiger partial charge in [-0.3, -0.25) is 9.48 Å². The zero-order valence-corrected chi connectivity index (χ0v) is 13.5. The third-order valence-corrected chi connectivity index (χ3v) is 3.59. The van der Waals surface area contributed by atoms with E-state index in [0.29, 0.717) is 31.1 Å². The molecule has 122 valence electrons. The van der Waals surface area contributed by atoms with E-state index in [1.807, 2.05) is 17.8 Å². The van der Waals surface area contributed by atoms with Crippen LogP contribution < -0.4 is 10.6 Å². The summed E-state index contributed by atoms with van der Waals surface area (Å²) < 4.78 is 1.81. The molecule has 1 aliphatic heterocycles. The van der Waals surface area contributed by atoms with Crippen molar-refractivity contribution in [2.24, 2.45) is 5.92 Å². The zero-order valence-electron chi connectivity index (χ0n) is 13.5. The van der Waals surface area contributed by atoms with E-state index >= 15 is 0 Å². The van der Waals surface area contributed by atoms with Gasteiger partial charge in [0.25, 0.3) is 0 Å². The summed E-state index contributed by atoms with van der Waals surface area (Å²) in [7, 11) is 0. The third kappa shape index (κ3) is 3.99. The fourth-order valence-electron chi connectivity index (χ4n) is 2.62. The Balaban J connectivity index is 2.00.